The Labute approximate surface area is 109 Å². The molecule has 2 rings (SSSR count). The van der Waals surface area contributed by atoms with Gasteiger partial charge in [0.25, 0.3) is 0 Å². The van der Waals surface area contributed by atoms with E-state index in [1.807, 2.05) is 0 Å². The zero-order valence-electron chi connectivity index (χ0n) is 10.3. The maximum absolute atomic E-state index is 13.4. The minimum Gasteiger partial charge on any atom is -0.493 e. The molecule has 0 saturated carbocycles. The first kappa shape index (κ1) is 13.1. The summed E-state index contributed by atoms with van der Waals surface area (Å²) in [6.07, 6.45) is 0. The second-order valence-corrected chi connectivity index (χ2v) is 3.90. The van der Waals surface area contributed by atoms with Crippen molar-refractivity contribution in [2.45, 2.75) is 6.61 Å². The molecule has 5 heteroatoms. The molecule has 0 aromatic heterocycles. The van der Waals surface area contributed by atoms with Crippen LogP contribution in [0.3, 0.4) is 0 Å². The van der Waals surface area contributed by atoms with E-state index in [1.54, 1.807) is 12.1 Å². The van der Waals surface area contributed by atoms with Crippen LogP contribution in [-0.4, -0.2) is 7.11 Å². The highest BCUT2D eigenvalue weighted by atomic mass is 19.1. The summed E-state index contributed by atoms with van der Waals surface area (Å²) < 4.78 is 37.3. The van der Waals surface area contributed by atoms with Crippen LogP contribution < -0.4 is 15.2 Å². The molecule has 3 nitrogen and oxygen atoms in total. The maximum Gasteiger partial charge on any atom is 0.163 e. The van der Waals surface area contributed by atoms with Crippen LogP contribution in [-0.2, 0) is 6.61 Å². The van der Waals surface area contributed by atoms with E-state index in [-0.39, 0.29) is 12.2 Å². The number of benzene rings is 2. The molecule has 0 fully saturated rings. The summed E-state index contributed by atoms with van der Waals surface area (Å²) in [7, 11) is 1.47. The summed E-state index contributed by atoms with van der Waals surface area (Å²) >= 11 is 0. The Morgan fingerprint density at radius 2 is 1.74 bits per heavy atom. The van der Waals surface area contributed by atoms with Gasteiger partial charge in [0.1, 0.15) is 18.2 Å². The summed E-state index contributed by atoms with van der Waals surface area (Å²) in [5.74, 6) is -0.512. The van der Waals surface area contributed by atoms with Crippen molar-refractivity contribution in [2.75, 3.05) is 12.8 Å². The predicted molar refractivity (Wildman–Crippen MR) is 68.1 cm³/mol. The van der Waals surface area contributed by atoms with Crippen LogP contribution in [0.2, 0.25) is 0 Å². The highest BCUT2D eigenvalue weighted by molar-refractivity contribution is 5.52. The van der Waals surface area contributed by atoms with Crippen molar-refractivity contribution in [2.24, 2.45) is 0 Å². The largest absolute Gasteiger partial charge is 0.493 e. The van der Waals surface area contributed by atoms with Gasteiger partial charge in [-0.3, -0.25) is 0 Å². The molecule has 0 saturated heterocycles. The Hall–Kier alpha value is -2.30. The Morgan fingerprint density at radius 1 is 1.05 bits per heavy atom. The van der Waals surface area contributed by atoms with Crippen molar-refractivity contribution < 1.29 is 18.3 Å². The number of halogens is 2. The Morgan fingerprint density at radius 3 is 2.37 bits per heavy atom. The molecular formula is C14H13F2NO2. The summed E-state index contributed by atoms with van der Waals surface area (Å²) in [5, 5.41) is 0. The number of rotatable bonds is 4. The molecule has 0 heterocycles. The van der Waals surface area contributed by atoms with Gasteiger partial charge in [0.2, 0.25) is 0 Å². The normalized spacial score (nSPS) is 10.3. The van der Waals surface area contributed by atoms with Crippen LogP contribution in [0.25, 0.3) is 0 Å². The van der Waals surface area contributed by atoms with E-state index in [9.17, 15) is 8.78 Å². The molecule has 100 valence electrons. The van der Waals surface area contributed by atoms with E-state index in [1.165, 1.54) is 31.4 Å². The fourth-order valence-corrected chi connectivity index (χ4v) is 1.63. The van der Waals surface area contributed by atoms with Crippen LogP contribution in [0.1, 0.15) is 5.56 Å². The lowest BCUT2D eigenvalue weighted by Crippen LogP contribution is -2.03. The number of ether oxygens (including phenoxy) is 2. The summed E-state index contributed by atoms with van der Waals surface area (Å²) in [6.45, 7) is -0.238. The molecule has 0 spiro atoms. The van der Waals surface area contributed by atoms with E-state index < -0.39 is 11.6 Å². The third kappa shape index (κ3) is 2.93. The summed E-state index contributed by atoms with van der Waals surface area (Å²) in [5.41, 5.74) is 5.97. The average Bonchev–Trinajstić information content (AvgIpc) is 2.38. The molecule has 2 N–H and O–H groups in total. The molecule has 0 unspecified atom stereocenters. The first-order valence-electron chi connectivity index (χ1n) is 5.61. The lowest BCUT2D eigenvalue weighted by Gasteiger charge is -2.12. The molecular weight excluding hydrogens is 252 g/mol. The molecule has 0 aliphatic rings. The standard InChI is InChI=1S/C14H13F2NO2/c1-18-13-6-5-9(17)7-14(13)19-8-10-11(15)3-2-4-12(10)16/h2-7H,8,17H2,1H3. The highest BCUT2D eigenvalue weighted by Crippen LogP contribution is 2.30. The molecule has 0 atom stereocenters. The monoisotopic (exact) mass is 265 g/mol. The third-order valence-corrected chi connectivity index (χ3v) is 2.62. The van der Waals surface area contributed by atoms with Crippen molar-refractivity contribution in [3.8, 4) is 11.5 Å². The van der Waals surface area contributed by atoms with Crippen molar-refractivity contribution in [3.63, 3.8) is 0 Å². The lowest BCUT2D eigenvalue weighted by molar-refractivity contribution is 0.274. The number of methoxy groups -OCH3 is 1. The number of anilines is 1. The molecule has 2 aromatic carbocycles. The van der Waals surface area contributed by atoms with Crippen LogP contribution >= 0.6 is 0 Å². The SMILES string of the molecule is COc1ccc(N)cc1OCc1c(F)cccc1F. The van der Waals surface area contributed by atoms with Crippen molar-refractivity contribution in [1.82, 2.24) is 0 Å². The van der Waals surface area contributed by atoms with Gasteiger partial charge in [-0.15, -0.1) is 0 Å². The Bertz CT molecular complexity index is 567. The minimum atomic E-state index is -0.650. The molecule has 0 aliphatic heterocycles. The van der Waals surface area contributed by atoms with Gasteiger partial charge in [0.15, 0.2) is 11.5 Å². The highest BCUT2D eigenvalue weighted by Gasteiger charge is 2.11. The van der Waals surface area contributed by atoms with Crippen molar-refractivity contribution in [1.29, 1.82) is 0 Å². The van der Waals surface area contributed by atoms with Crippen molar-refractivity contribution >= 4 is 5.69 Å². The fraction of sp³-hybridized carbons (Fsp3) is 0.143. The number of hydrogen-bond donors (Lipinski definition) is 1. The van der Waals surface area contributed by atoms with Gasteiger partial charge in [-0.25, -0.2) is 8.78 Å². The minimum absolute atomic E-state index is 0.132. The summed E-state index contributed by atoms with van der Waals surface area (Å²) in [4.78, 5) is 0. The first-order chi connectivity index (χ1) is 9.11. The van der Waals surface area contributed by atoms with Gasteiger partial charge < -0.3 is 15.2 Å². The molecule has 19 heavy (non-hydrogen) atoms. The van der Waals surface area contributed by atoms with Gasteiger partial charge in [0, 0.05) is 11.8 Å². The van der Waals surface area contributed by atoms with E-state index in [0.29, 0.717) is 17.2 Å². The van der Waals surface area contributed by atoms with Gasteiger partial charge >= 0.3 is 0 Å². The Balaban J connectivity index is 2.21. The van der Waals surface area contributed by atoms with Crippen LogP contribution in [0.4, 0.5) is 14.5 Å². The third-order valence-electron chi connectivity index (χ3n) is 2.62. The van der Waals surface area contributed by atoms with E-state index in [2.05, 4.69) is 0 Å². The predicted octanol–water partition coefficient (Wildman–Crippen LogP) is 3.13. The number of hydrogen-bond acceptors (Lipinski definition) is 3. The molecule has 0 radical (unpaired) electrons. The molecule has 0 aliphatic carbocycles. The quantitative estimate of drug-likeness (QED) is 0.864. The second kappa shape index (κ2) is 5.56. The van der Waals surface area contributed by atoms with Crippen LogP contribution in [0, 0.1) is 11.6 Å². The average molecular weight is 265 g/mol. The van der Waals surface area contributed by atoms with Gasteiger partial charge in [-0.1, -0.05) is 6.07 Å². The van der Waals surface area contributed by atoms with E-state index in [0.717, 1.165) is 0 Å². The van der Waals surface area contributed by atoms with E-state index in [4.69, 9.17) is 15.2 Å². The zero-order chi connectivity index (χ0) is 13.8. The topological polar surface area (TPSA) is 44.5 Å². The zero-order valence-corrected chi connectivity index (χ0v) is 10.3. The number of nitrogen functional groups attached to an aromatic ring is 1. The van der Waals surface area contributed by atoms with Gasteiger partial charge in [-0.2, -0.15) is 0 Å². The molecule has 0 amide bonds. The second-order valence-electron chi connectivity index (χ2n) is 3.90. The Kier molecular flexibility index (Phi) is 3.85. The maximum atomic E-state index is 13.4. The summed E-state index contributed by atoms with van der Waals surface area (Å²) in [6, 6.07) is 8.47. The molecule has 0 bridgehead atoms. The fourth-order valence-electron chi connectivity index (χ4n) is 1.63. The van der Waals surface area contributed by atoms with E-state index >= 15 is 0 Å². The van der Waals surface area contributed by atoms with Crippen LogP contribution in [0.15, 0.2) is 36.4 Å². The lowest BCUT2D eigenvalue weighted by atomic mass is 10.2. The van der Waals surface area contributed by atoms with Gasteiger partial charge in [0.05, 0.1) is 12.7 Å². The van der Waals surface area contributed by atoms with Crippen molar-refractivity contribution in [3.05, 3.63) is 53.6 Å². The van der Waals surface area contributed by atoms with Crippen LogP contribution in [0.5, 0.6) is 11.5 Å². The smallest absolute Gasteiger partial charge is 0.163 e. The first-order valence-corrected chi connectivity index (χ1v) is 5.61. The number of nitrogens with two attached hydrogens (primary N) is 1. The van der Waals surface area contributed by atoms with Gasteiger partial charge in [-0.05, 0) is 24.3 Å². The molecule has 2 aromatic rings.